The summed E-state index contributed by atoms with van der Waals surface area (Å²) in [6, 6.07) is 12.7. The van der Waals surface area contributed by atoms with Crippen LogP contribution in [0.3, 0.4) is 0 Å². The molecule has 0 unspecified atom stereocenters. The van der Waals surface area contributed by atoms with Gasteiger partial charge in [-0.2, -0.15) is 0 Å². The highest BCUT2D eigenvalue weighted by atomic mass is 35.5. The molecule has 4 aromatic rings. The van der Waals surface area contributed by atoms with Gasteiger partial charge in [-0.15, -0.1) is 0 Å². The number of carboxylic acids is 1. The summed E-state index contributed by atoms with van der Waals surface area (Å²) in [7, 11) is 0. The number of halogens is 1. The van der Waals surface area contributed by atoms with Crippen LogP contribution in [-0.2, 0) is 0 Å². The number of nitrogens with one attached hydrogen (secondary N) is 1. The Kier molecular flexibility index (Phi) is 3.66. The van der Waals surface area contributed by atoms with Crippen molar-refractivity contribution >= 4 is 28.7 Å². The number of carbonyl (C=O) groups is 1. The maximum atomic E-state index is 11.0. The molecule has 0 amide bonds. The van der Waals surface area contributed by atoms with E-state index in [1.54, 1.807) is 6.20 Å². The van der Waals surface area contributed by atoms with Gasteiger partial charge in [0, 0.05) is 23.5 Å². The van der Waals surface area contributed by atoms with Crippen molar-refractivity contribution in [2.45, 2.75) is 0 Å². The highest BCUT2D eigenvalue weighted by Crippen LogP contribution is 2.28. The molecule has 0 atom stereocenters. The molecule has 4 rings (SSSR count). The van der Waals surface area contributed by atoms with E-state index in [1.807, 2.05) is 36.4 Å². The summed E-state index contributed by atoms with van der Waals surface area (Å²) < 4.78 is 0. The first kappa shape index (κ1) is 15.3. The Morgan fingerprint density at radius 1 is 1.08 bits per heavy atom. The first-order chi connectivity index (χ1) is 12.1. The van der Waals surface area contributed by atoms with Crippen LogP contribution in [0.2, 0.25) is 5.02 Å². The highest BCUT2D eigenvalue weighted by molar-refractivity contribution is 6.33. The molecular weight excluding hydrogens is 340 g/mol. The average molecular weight is 351 g/mol. The van der Waals surface area contributed by atoms with Crippen LogP contribution >= 0.6 is 11.6 Å². The van der Waals surface area contributed by atoms with Gasteiger partial charge in [0.15, 0.2) is 5.65 Å². The molecule has 2 N–H and O–H groups in total. The third kappa shape index (κ3) is 2.83. The van der Waals surface area contributed by atoms with Crippen LogP contribution in [0.25, 0.3) is 33.8 Å². The lowest BCUT2D eigenvalue weighted by molar-refractivity contribution is 0.0696. The predicted molar refractivity (Wildman–Crippen MR) is 94.5 cm³/mol. The maximum Gasteiger partial charge on any atom is 0.337 e. The smallest absolute Gasteiger partial charge is 0.337 e. The van der Waals surface area contributed by atoms with E-state index >= 15 is 0 Å². The monoisotopic (exact) mass is 350 g/mol. The van der Waals surface area contributed by atoms with E-state index in [-0.39, 0.29) is 5.56 Å². The minimum atomic E-state index is -1.06. The molecule has 0 aliphatic carbocycles. The normalized spacial score (nSPS) is 10.9. The van der Waals surface area contributed by atoms with E-state index in [0.717, 1.165) is 22.5 Å². The summed E-state index contributed by atoms with van der Waals surface area (Å²) in [6.07, 6.45) is 2.99. The van der Waals surface area contributed by atoms with Gasteiger partial charge in [-0.25, -0.2) is 14.8 Å². The fourth-order valence-electron chi connectivity index (χ4n) is 2.54. The number of rotatable bonds is 3. The summed E-state index contributed by atoms with van der Waals surface area (Å²) in [5.74, 6) is -0.338. The van der Waals surface area contributed by atoms with Crippen LogP contribution < -0.4 is 0 Å². The summed E-state index contributed by atoms with van der Waals surface area (Å²) >= 11 is 6.17. The van der Waals surface area contributed by atoms with Crippen molar-refractivity contribution < 1.29 is 9.90 Å². The molecule has 6 nitrogen and oxygen atoms in total. The number of imidazole rings is 1. The van der Waals surface area contributed by atoms with Crippen molar-refractivity contribution in [2.75, 3.05) is 0 Å². The molecule has 0 radical (unpaired) electrons. The average Bonchev–Trinajstić information content (AvgIpc) is 3.06. The number of aromatic amines is 1. The van der Waals surface area contributed by atoms with Crippen molar-refractivity contribution in [3.8, 4) is 22.6 Å². The molecule has 7 heteroatoms. The van der Waals surface area contributed by atoms with E-state index < -0.39 is 5.97 Å². The van der Waals surface area contributed by atoms with Crippen LogP contribution in [0, 0.1) is 0 Å². The standard InChI is InChI=1S/C18H11ClN4O2/c19-13-8-12(18(24)25)9-21-15(13)10-3-5-11(6-4-10)16-22-14-2-1-7-20-17(14)23-16/h1-9H,(H,24,25)(H,20,22,23). The summed E-state index contributed by atoms with van der Waals surface area (Å²) in [5, 5.41) is 9.27. The van der Waals surface area contributed by atoms with Crippen LogP contribution in [0.5, 0.6) is 0 Å². The zero-order valence-electron chi connectivity index (χ0n) is 12.8. The van der Waals surface area contributed by atoms with Gasteiger partial charge in [0.05, 0.1) is 21.8 Å². The van der Waals surface area contributed by atoms with Crippen LogP contribution in [0.4, 0.5) is 0 Å². The fourth-order valence-corrected chi connectivity index (χ4v) is 2.81. The van der Waals surface area contributed by atoms with Crippen molar-refractivity contribution in [3.05, 3.63) is 65.4 Å². The van der Waals surface area contributed by atoms with Gasteiger partial charge < -0.3 is 10.1 Å². The third-order valence-electron chi connectivity index (χ3n) is 3.78. The number of fused-ring (bicyclic) bond motifs is 1. The first-order valence-corrected chi connectivity index (χ1v) is 7.80. The predicted octanol–water partition coefficient (Wildman–Crippen LogP) is 4.04. The van der Waals surface area contributed by atoms with E-state index in [4.69, 9.17) is 16.7 Å². The lowest BCUT2D eigenvalue weighted by Gasteiger charge is -2.05. The summed E-state index contributed by atoms with van der Waals surface area (Å²) in [6.45, 7) is 0. The van der Waals surface area contributed by atoms with Crippen LogP contribution in [-0.4, -0.2) is 31.0 Å². The Hall–Kier alpha value is -3.25. The third-order valence-corrected chi connectivity index (χ3v) is 4.07. The van der Waals surface area contributed by atoms with Gasteiger partial charge in [-0.1, -0.05) is 35.9 Å². The van der Waals surface area contributed by atoms with Crippen LogP contribution in [0.1, 0.15) is 10.4 Å². The number of aromatic carboxylic acids is 1. The Bertz CT molecular complexity index is 1060. The van der Waals surface area contributed by atoms with Crippen molar-refractivity contribution in [1.29, 1.82) is 0 Å². The van der Waals surface area contributed by atoms with Gasteiger partial charge in [-0.05, 0) is 18.2 Å². The van der Waals surface area contributed by atoms with Gasteiger partial charge in [-0.3, -0.25) is 4.98 Å². The second kappa shape index (κ2) is 5.99. The molecular formula is C18H11ClN4O2. The van der Waals surface area contributed by atoms with E-state index in [2.05, 4.69) is 19.9 Å². The molecule has 3 aromatic heterocycles. The SMILES string of the molecule is O=C(O)c1cnc(-c2ccc(-c3nc4ncccc4[nH]3)cc2)c(Cl)c1. The number of pyridine rings is 2. The van der Waals surface area contributed by atoms with Crippen LogP contribution in [0.15, 0.2) is 54.9 Å². The molecule has 0 fully saturated rings. The van der Waals surface area contributed by atoms with E-state index in [1.165, 1.54) is 12.3 Å². The minimum absolute atomic E-state index is 0.0557. The summed E-state index contributed by atoms with van der Waals surface area (Å²) in [5.41, 5.74) is 3.82. The maximum absolute atomic E-state index is 11.0. The molecule has 0 spiro atoms. The zero-order chi connectivity index (χ0) is 17.4. The van der Waals surface area contributed by atoms with E-state index in [9.17, 15) is 4.79 Å². The van der Waals surface area contributed by atoms with Gasteiger partial charge in [0.2, 0.25) is 0 Å². The van der Waals surface area contributed by atoms with Crippen molar-refractivity contribution in [3.63, 3.8) is 0 Å². The highest BCUT2D eigenvalue weighted by Gasteiger charge is 2.11. The summed E-state index contributed by atoms with van der Waals surface area (Å²) in [4.78, 5) is 27.0. The molecule has 1 aromatic carbocycles. The van der Waals surface area contributed by atoms with Crippen molar-refractivity contribution in [1.82, 2.24) is 19.9 Å². The number of benzene rings is 1. The molecule has 0 bridgehead atoms. The molecule has 25 heavy (non-hydrogen) atoms. The lowest BCUT2D eigenvalue weighted by atomic mass is 10.1. The quantitative estimate of drug-likeness (QED) is 0.581. The Labute approximate surface area is 147 Å². The second-order valence-electron chi connectivity index (χ2n) is 5.40. The molecule has 0 aliphatic heterocycles. The number of H-pyrrole nitrogens is 1. The van der Waals surface area contributed by atoms with Crippen molar-refractivity contribution in [2.24, 2.45) is 0 Å². The number of carboxylic acid groups (broad SMARTS) is 1. The molecule has 3 heterocycles. The topological polar surface area (TPSA) is 91.8 Å². The molecule has 0 saturated heterocycles. The number of nitrogens with zero attached hydrogens (tertiary/aromatic N) is 3. The number of aromatic nitrogens is 4. The lowest BCUT2D eigenvalue weighted by Crippen LogP contribution is -1.98. The molecule has 122 valence electrons. The molecule has 0 saturated carbocycles. The largest absolute Gasteiger partial charge is 0.478 e. The Balaban J connectivity index is 1.69. The van der Waals surface area contributed by atoms with Gasteiger partial charge >= 0.3 is 5.97 Å². The fraction of sp³-hybridized carbons (Fsp3) is 0. The van der Waals surface area contributed by atoms with Gasteiger partial charge in [0.25, 0.3) is 0 Å². The number of hydrogen-bond acceptors (Lipinski definition) is 4. The Morgan fingerprint density at radius 2 is 1.84 bits per heavy atom. The van der Waals surface area contributed by atoms with E-state index in [0.29, 0.717) is 16.4 Å². The minimum Gasteiger partial charge on any atom is -0.478 e. The Morgan fingerprint density at radius 3 is 2.52 bits per heavy atom. The first-order valence-electron chi connectivity index (χ1n) is 7.42. The zero-order valence-corrected chi connectivity index (χ0v) is 13.5. The van der Waals surface area contributed by atoms with Gasteiger partial charge in [0.1, 0.15) is 5.82 Å². The number of hydrogen-bond donors (Lipinski definition) is 2. The second-order valence-corrected chi connectivity index (χ2v) is 5.80. The molecule has 0 aliphatic rings.